The van der Waals surface area contributed by atoms with Crippen molar-refractivity contribution in [1.82, 2.24) is 15.7 Å². The van der Waals surface area contributed by atoms with Gasteiger partial charge in [-0.05, 0) is 62.6 Å². The van der Waals surface area contributed by atoms with Gasteiger partial charge in [0.2, 0.25) is 0 Å². The second-order valence-electron chi connectivity index (χ2n) is 6.77. The van der Waals surface area contributed by atoms with Gasteiger partial charge in [-0.15, -0.1) is 0 Å². The van der Waals surface area contributed by atoms with E-state index >= 15 is 0 Å². The standard InChI is InChI=1S/C21H23N3O5/c1-24(2)13-18-12-16-11-15(5-8-19(16)29-18)20(25)22-9-10-28-17-6-3-14(4-7-17)21(26)23-27/h3-8,11-12,27H,9-10,13H2,1-2H3,(H,22,25)(H,23,26). The molecule has 29 heavy (non-hydrogen) atoms. The maximum Gasteiger partial charge on any atom is 0.274 e. The van der Waals surface area contributed by atoms with Crippen molar-refractivity contribution in [3.8, 4) is 5.75 Å². The summed E-state index contributed by atoms with van der Waals surface area (Å²) in [6.07, 6.45) is 0. The summed E-state index contributed by atoms with van der Waals surface area (Å²) in [6.45, 7) is 1.30. The van der Waals surface area contributed by atoms with Gasteiger partial charge >= 0.3 is 0 Å². The van der Waals surface area contributed by atoms with Crippen LogP contribution in [0.3, 0.4) is 0 Å². The van der Waals surface area contributed by atoms with Gasteiger partial charge < -0.3 is 19.4 Å². The van der Waals surface area contributed by atoms with E-state index in [4.69, 9.17) is 14.4 Å². The average Bonchev–Trinajstić information content (AvgIpc) is 3.11. The second kappa shape index (κ2) is 9.22. The molecule has 0 aliphatic heterocycles. The molecule has 152 valence electrons. The number of furan rings is 1. The molecule has 3 aromatic rings. The van der Waals surface area contributed by atoms with E-state index < -0.39 is 5.91 Å². The van der Waals surface area contributed by atoms with Crippen molar-refractivity contribution in [3.05, 3.63) is 65.4 Å². The van der Waals surface area contributed by atoms with Crippen molar-refractivity contribution >= 4 is 22.8 Å². The smallest absolute Gasteiger partial charge is 0.274 e. The molecule has 1 aromatic heterocycles. The predicted octanol–water partition coefficient (Wildman–Crippen LogP) is 2.42. The average molecular weight is 397 g/mol. The topological polar surface area (TPSA) is 104 Å². The van der Waals surface area contributed by atoms with E-state index in [1.807, 2.05) is 25.1 Å². The molecule has 2 aromatic carbocycles. The molecule has 3 N–H and O–H groups in total. The minimum atomic E-state index is -0.591. The Kier molecular flexibility index (Phi) is 6.48. The predicted molar refractivity (Wildman–Crippen MR) is 107 cm³/mol. The first-order valence-electron chi connectivity index (χ1n) is 9.09. The molecular weight excluding hydrogens is 374 g/mol. The van der Waals surface area contributed by atoms with E-state index in [-0.39, 0.29) is 12.5 Å². The molecule has 0 saturated carbocycles. The molecule has 3 rings (SSSR count). The molecule has 0 aliphatic rings. The van der Waals surface area contributed by atoms with Crippen LogP contribution in [-0.2, 0) is 6.54 Å². The Morgan fingerprint density at radius 3 is 2.45 bits per heavy atom. The van der Waals surface area contributed by atoms with Crippen LogP contribution in [-0.4, -0.2) is 49.2 Å². The number of carbonyl (C=O) groups is 2. The van der Waals surface area contributed by atoms with Gasteiger partial charge in [0.05, 0.1) is 13.1 Å². The summed E-state index contributed by atoms with van der Waals surface area (Å²) >= 11 is 0. The van der Waals surface area contributed by atoms with E-state index in [1.165, 1.54) is 12.1 Å². The lowest BCUT2D eigenvalue weighted by molar-refractivity contribution is 0.0706. The van der Waals surface area contributed by atoms with Gasteiger partial charge in [0, 0.05) is 16.5 Å². The number of rotatable bonds is 8. The molecule has 0 radical (unpaired) electrons. The Hall–Kier alpha value is -3.36. The lowest BCUT2D eigenvalue weighted by Crippen LogP contribution is -2.28. The fourth-order valence-electron chi connectivity index (χ4n) is 2.83. The van der Waals surface area contributed by atoms with Gasteiger partial charge in [0.1, 0.15) is 23.7 Å². The number of fused-ring (bicyclic) bond motifs is 1. The zero-order chi connectivity index (χ0) is 20.8. The molecule has 0 unspecified atom stereocenters. The third kappa shape index (κ3) is 5.34. The Balaban J connectivity index is 1.50. The maximum atomic E-state index is 12.4. The van der Waals surface area contributed by atoms with Gasteiger partial charge in [-0.25, -0.2) is 5.48 Å². The molecule has 8 heteroatoms. The minimum Gasteiger partial charge on any atom is -0.492 e. The van der Waals surface area contributed by atoms with Crippen LogP contribution in [0.2, 0.25) is 0 Å². The SMILES string of the molecule is CN(C)Cc1cc2cc(C(=O)NCCOc3ccc(C(=O)NO)cc3)ccc2o1. The van der Waals surface area contributed by atoms with Crippen LogP contribution in [0.4, 0.5) is 0 Å². The monoisotopic (exact) mass is 397 g/mol. The summed E-state index contributed by atoms with van der Waals surface area (Å²) in [5.74, 6) is 0.619. The Morgan fingerprint density at radius 1 is 1.03 bits per heavy atom. The third-order valence-corrected chi connectivity index (χ3v) is 4.18. The van der Waals surface area contributed by atoms with Gasteiger partial charge in [0.25, 0.3) is 11.8 Å². The van der Waals surface area contributed by atoms with Crippen molar-refractivity contribution in [2.45, 2.75) is 6.54 Å². The number of nitrogens with zero attached hydrogens (tertiary/aromatic N) is 1. The van der Waals surface area contributed by atoms with E-state index in [1.54, 1.807) is 35.8 Å². The highest BCUT2D eigenvalue weighted by molar-refractivity contribution is 5.97. The summed E-state index contributed by atoms with van der Waals surface area (Å²) in [4.78, 5) is 25.6. The first kappa shape index (κ1) is 20.4. The molecule has 0 aliphatic carbocycles. The summed E-state index contributed by atoms with van der Waals surface area (Å²) in [5, 5.41) is 12.3. The van der Waals surface area contributed by atoms with E-state index in [0.717, 1.165) is 16.7 Å². The van der Waals surface area contributed by atoms with Crippen LogP contribution in [0.5, 0.6) is 5.75 Å². The van der Waals surface area contributed by atoms with Crippen molar-refractivity contribution < 1.29 is 24.0 Å². The second-order valence-corrected chi connectivity index (χ2v) is 6.77. The quantitative estimate of drug-likeness (QED) is 0.306. The lowest BCUT2D eigenvalue weighted by Gasteiger charge is -2.08. The molecule has 0 spiro atoms. The highest BCUT2D eigenvalue weighted by Crippen LogP contribution is 2.21. The number of amides is 2. The van der Waals surface area contributed by atoms with Crippen molar-refractivity contribution in [2.75, 3.05) is 27.2 Å². The van der Waals surface area contributed by atoms with E-state index in [9.17, 15) is 9.59 Å². The molecular formula is C21H23N3O5. The number of hydroxylamine groups is 1. The number of hydrogen-bond acceptors (Lipinski definition) is 6. The molecule has 0 saturated heterocycles. The summed E-state index contributed by atoms with van der Waals surface area (Å²) in [7, 11) is 3.93. The fraction of sp³-hybridized carbons (Fsp3) is 0.238. The normalized spacial score (nSPS) is 10.9. The first-order valence-corrected chi connectivity index (χ1v) is 9.09. The van der Waals surface area contributed by atoms with Crippen molar-refractivity contribution in [3.63, 3.8) is 0 Å². The Labute approximate surface area is 168 Å². The van der Waals surface area contributed by atoms with E-state index in [0.29, 0.717) is 30.0 Å². The summed E-state index contributed by atoms with van der Waals surface area (Å²) in [5.41, 5.74) is 3.18. The first-order chi connectivity index (χ1) is 14.0. The third-order valence-electron chi connectivity index (χ3n) is 4.18. The Bertz CT molecular complexity index is 995. The van der Waals surface area contributed by atoms with Crippen LogP contribution >= 0.6 is 0 Å². The largest absolute Gasteiger partial charge is 0.492 e. The van der Waals surface area contributed by atoms with Crippen LogP contribution < -0.4 is 15.5 Å². The van der Waals surface area contributed by atoms with E-state index in [2.05, 4.69) is 5.32 Å². The van der Waals surface area contributed by atoms with Gasteiger partial charge in [-0.3, -0.25) is 14.8 Å². The highest BCUT2D eigenvalue weighted by atomic mass is 16.5. The zero-order valence-corrected chi connectivity index (χ0v) is 16.3. The zero-order valence-electron chi connectivity index (χ0n) is 16.3. The van der Waals surface area contributed by atoms with Crippen molar-refractivity contribution in [2.24, 2.45) is 0 Å². The van der Waals surface area contributed by atoms with Crippen LogP contribution in [0.25, 0.3) is 11.0 Å². The number of hydrogen-bond donors (Lipinski definition) is 3. The molecule has 1 heterocycles. The molecule has 0 fully saturated rings. The van der Waals surface area contributed by atoms with Crippen LogP contribution in [0.1, 0.15) is 26.5 Å². The van der Waals surface area contributed by atoms with Gasteiger partial charge in [0.15, 0.2) is 0 Å². The molecule has 8 nitrogen and oxygen atoms in total. The fourth-order valence-corrected chi connectivity index (χ4v) is 2.83. The highest BCUT2D eigenvalue weighted by Gasteiger charge is 2.10. The number of carbonyl (C=O) groups excluding carboxylic acids is 2. The summed E-state index contributed by atoms with van der Waals surface area (Å²) in [6, 6.07) is 13.6. The van der Waals surface area contributed by atoms with Crippen LogP contribution in [0, 0.1) is 0 Å². The number of nitrogens with one attached hydrogen (secondary N) is 2. The Morgan fingerprint density at radius 2 is 1.76 bits per heavy atom. The lowest BCUT2D eigenvalue weighted by atomic mass is 10.1. The van der Waals surface area contributed by atoms with Gasteiger partial charge in [-0.1, -0.05) is 0 Å². The number of ether oxygens (including phenoxy) is 1. The maximum absolute atomic E-state index is 12.4. The van der Waals surface area contributed by atoms with Crippen LogP contribution in [0.15, 0.2) is 52.9 Å². The van der Waals surface area contributed by atoms with Crippen molar-refractivity contribution in [1.29, 1.82) is 0 Å². The number of benzene rings is 2. The summed E-state index contributed by atoms with van der Waals surface area (Å²) < 4.78 is 11.3. The minimum absolute atomic E-state index is 0.194. The molecule has 0 atom stereocenters. The molecule has 0 bridgehead atoms. The molecule has 2 amide bonds. The van der Waals surface area contributed by atoms with Gasteiger partial charge in [-0.2, -0.15) is 0 Å².